The third-order valence-electron chi connectivity index (χ3n) is 4.92. The number of likely N-dealkylation sites (tertiary alicyclic amines) is 1. The van der Waals surface area contributed by atoms with Gasteiger partial charge >= 0.3 is 5.97 Å². The van der Waals surface area contributed by atoms with Crippen LogP contribution in [0.4, 0.5) is 0 Å². The number of hydrogen-bond acceptors (Lipinski definition) is 4. The van der Waals surface area contributed by atoms with Crippen LogP contribution in [0.1, 0.15) is 59.8 Å². The van der Waals surface area contributed by atoms with Crippen LogP contribution in [0, 0.1) is 23.7 Å². The molecule has 0 radical (unpaired) electrons. The molecule has 0 aliphatic carbocycles. The monoisotopic (exact) mass is 354 g/mol. The van der Waals surface area contributed by atoms with Crippen molar-refractivity contribution in [2.45, 2.75) is 59.8 Å². The Morgan fingerprint density at radius 1 is 1.12 bits per heavy atom. The van der Waals surface area contributed by atoms with Crippen LogP contribution in [0.25, 0.3) is 0 Å². The molecule has 1 saturated heterocycles. The zero-order chi connectivity index (χ0) is 19.0. The third-order valence-corrected chi connectivity index (χ3v) is 4.92. The van der Waals surface area contributed by atoms with Crippen LogP contribution in [-0.4, -0.2) is 42.4 Å². The minimum Gasteiger partial charge on any atom is -0.466 e. The van der Waals surface area contributed by atoms with Crippen molar-refractivity contribution in [2.75, 3.05) is 19.7 Å². The maximum Gasteiger partial charge on any atom is 0.309 e. The van der Waals surface area contributed by atoms with Crippen molar-refractivity contribution in [3.05, 3.63) is 0 Å². The Labute approximate surface area is 151 Å². The lowest BCUT2D eigenvalue weighted by atomic mass is 9.81. The maximum absolute atomic E-state index is 13.1. The summed E-state index contributed by atoms with van der Waals surface area (Å²) in [6.45, 7) is 9.35. The first-order chi connectivity index (χ1) is 11.8. The number of hydrogen-bond donors (Lipinski definition) is 1. The lowest BCUT2D eigenvalue weighted by Gasteiger charge is -2.35. The molecule has 2 unspecified atom stereocenters. The van der Waals surface area contributed by atoms with Crippen LogP contribution in [-0.2, 0) is 19.1 Å². The Morgan fingerprint density at radius 3 is 2.16 bits per heavy atom. The van der Waals surface area contributed by atoms with Gasteiger partial charge in [0, 0.05) is 24.9 Å². The van der Waals surface area contributed by atoms with Gasteiger partial charge in [-0.3, -0.25) is 14.4 Å². The fourth-order valence-electron chi connectivity index (χ4n) is 3.63. The number of nitrogens with two attached hydrogens (primary N) is 1. The van der Waals surface area contributed by atoms with E-state index in [0.717, 1.165) is 6.42 Å². The molecular formula is C19H34N2O4. The predicted octanol–water partition coefficient (Wildman–Crippen LogP) is 2.35. The predicted molar refractivity (Wildman–Crippen MR) is 96.5 cm³/mol. The largest absolute Gasteiger partial charge is 0.466 e. The highest BCUT2D eigenvalue weighted by Gasteiger charge is 2.37. The van der Waals surface area contributed by atoms with E-state index in [2.05, 4.69) is 13.8 Å². The van der Waals surface area contributed by atoms with Gasteiger partial charge in [0.05, 0.1) is 12.5 Å². The third kappa shape index (κ3) is 6.33. The SMILES string of the molecule is CCCC(C(N)=O)C(CC(C)C)C(=O)N1CCC(C(=O)OCC)CC1. The summed E-state index contributed by atoms with van der Waals surface area (Å²) in [6, 6.07) is 0. The van der Waals surface area contributed by atoms with E-state index < -0.39 is 5.92 Å². The summed E-state index contributed by atoms with van der Waals surface area (Å²) in [6.07, 6.45) is 3.35. The van der Waals surface area contributed by atoms with Gasteiger partial charge in [-0.05, 0) is 38.5 Å². The molecule has 6 heteroatoms. The summed E-state index contributed by atoms with van der Waals surface area (Å²) in [7, 11) is 0. The highest BCUT2D eigenvalue weighted by molar-refractivity contribution is 5.87. The van der Waals surface area contributed by atoms with Crippen molar-refractivity contribution in [1.82, 2.24) is 4.90 Å². The first-order valence-electron chi connectivity index (χ1n) is 9.56. The van der Waals surface area contributed by atoms with Gasteiger partial charge < -0.3 is 15.4 Å². The number of nitrogens with zero attached hydrogens (tertiary/aromatic N) is 1. The molecule has 2 atom stereocenters. The first-order valence-corrected chi connectivity index (χ1v) is 9.56. The van der Waals surface area contributed by atoms with Gasteiger partial charge in [0.15, 0.2) is 0 Å². The van der Waals surface area contributed by atoms with E-state index in [-0.39, 0.29) is 29.6 Å². The Bertz CT molecular complexity index is 456. The molecule has 0 bridgehead atoms. The highest BCUT2D eigenvalue weighted by atomic mass is 16.5. The number of carbonyl (C=O) groups is 3. The van der Waals surface area contributed by atoms with Gasteiger partial charge in [-0.15, -0.1) is 0 Å². The maximum atomic E-state index is 13.1. The quantitative estimate of drug-likeness (QED) is 0.644. The molecule has 2 N–H and O–H groups in total. The number of piperidine rings is 1. The number of ether oxygens (including phenoxy) is 1. The number of esters is 1. The number of rotatable bonds is 9. The topological polar surface area (TPSA) is 89.7 Å². The number of amides is 2. The Hall–Kier alpha value is -1.59. The second-order valence-corrected chi connectivity index (χ2v) is 7.39. The molecule has 1 heterocycles. The molecule has 0 aromatic rings. The lowest BCUT2D eigenvalue weighted by Crippen LogP contribution is -2.47. The molecule has 6 nitrogen and oxygen atoms in total. The van der Waals surface area contributed by atoms with Crippen LogP contribution in [0.3, 0.4) is 0 Å². The van der Waals surface area contributed by atoms with E-state index in [1.165, 1.54) is 0 Å². The molecule has 2 amide bonds. The zero-order valence-electron chi connectivity index (χ0n) is 16.1. The summed E-state index contributed by atoms with van der Waals surface area (Å²) >= 11 is 0. The zero-order valence-corrected chi connectivity index (χ0v) is 16.1. The smallest absolute Gasteiger partial charge is 0.309 e. The fourth-order valence-corrected chi connectivity index (χ4v) is 3.63. The Balaban J connectivity index is 2.78. The van der Waals surface area contributed by atoms with Crippen molar-refractivity contribution in [2.24, 2.45) is 29.4 Å². The van der Waals surface area contributed by atoms with Crippen molar-refractivity contribution in [3.63, 3.8) is 0 Å². The molecule has 144 valence electrons. The Morgan fingerprint density at radius 2 is 1.72 bits per heavy atom. The average molecular weight is 354 g/mol. The standard InChI is InChI=1S/C19H34N2O4/c1-5-7-15(17(20)22)16(12-13(3)4)18(23)21-10-8-14(9-11-21)19(24)25-6-2/h13-16H,5-12H2,1-4H3,(H2,20,22). The minimum atomic E-state index is -0.414. The van der Waals surface area contributed by atoms with Gasteiger partial charge in [-0.1, -0.05) is 27.2 Å². The molecule has 1 fully saturated rings. The van der Waals surface area contributed by atoms with E-state index in [4.69, 9.17) is 10.5 Å². The molecule has 0 aromatic carbocycles. The molecule has 1 aliphatic heterocycles. The summed E-state index contributed by atoms with van der Waals surface area (Å²) < 4.78 is 5.08. The van der Waals surface area contributed by atoms with Crippen LogP contribution in [0.2, 0.25) is 0 Å². The van der Waals surface area contributed by atoms with Crippen molar-refractivity contribution < 1.29 is 19.1 Å². The van der Waals surface area contributed by atoms with E-state index in [0.29, 0.717) is 51.3 Å². The van der Waals surface area contributed by atoms with Crippen molar-refractivity contribution >= 4 is 17.8 Å². The van der Waals surface area contributed by atoms with Gasteiger partial charge in [0.2, 0.25) is 11.8 Å². The van der Waals surface area contributed by atoms with Crippen LogP contribution in [0.15, 0.2) is 0 Å². The van der Waals surface area contributed by atoms with Gasteiger partial charge in [-0.25, -0.2) is 0 Å². The van der Waals surface area contributed by atoms with E-state index in [1.54, 1.807) is 11.8 Å². The molecule has 1 rings (SSSR count). The van der Waals surface area contributed by atoms with Crippen LogP contribution in [0.5, 0.6) is 0 Å². The molecule has 1 aliphatic rings. The summed E-state index contributed by atoms with van der Waals surface area (Å²) in [5.74, 6) is -1.15. The molecule has 0 saturated carbocycles. The second kappa shape index (κ2) is 10.4. The van der Waals surface area contributed by atoms with E-state index in [9.17, 15) is 14.4 Å². The van der Waals surface area contributed by atoms with Gasteiger partial charge in [0.1, 0.15) is 0 Å². The first kappa shape index (κ1) is 21.5. The summed E-state index contributed by atoms with van der Waals surface area (Å²) in [5, 5.41) is 0. The lowest BCUT2D eigenvalue weighted by molar-refractivity contribution is -0.152. The molecular weight excluding hydrogens is 320 g/mol. The highest BCUT2D eigenvalue weighted by Crippen LogP contribution is 2.29. The van der Waals surface area contributed by atoms with Crippen molar-refractivity contribution in [1.29, 1.82) is 0 Å². The molecule has 25 heavy (non-hydrogen) atoms. The van der Waals surface area contributed by atoms with Crippen LogP contribution < -0.4 is 5.73 Å². The summed E-state index contributed by atoms with van der Waals surface area (Å²) in [5.41, 5.74) is 5.59. The number of carbonyl (C=O) groups excluding carboxylic acids is 3. The second-order valence-electron chi connectivity index (χ2n) is 7.39. The summed E-state index contributed by atoms with van der Waals surface area (Å²) in [4.78, 5) is 38.6. The Kier molecular flexibility index (Phi) is 8.93. The molecule has 0 aromatic heterocycles. The number of primary amides is 1. The van der Waals surface area contributed by atoms with Gasteiger partial charge in [-0.2, -0.15) is 0 Å². The van der Waals surface area contributed by atoms with Gasteiger partial charge in [0.25, 0.3) is 0 Å². The molecule has 0 spiro atoms. The van der Waals surface area contributed by atoms with Crippen LogP contribution >= 0.6 is 0 Å². The normalized spacial score (nSPS) is 18.0. The fraction of sp³-hybridized carbons (Fsp3) is 0.842. The van der Waals surface area contributed by atoms with Crippen molar-refractivity contribution in [3.8, 4) is 0 Å². The minimum absolute atomic E-state index is 0.00765. The van der Waals surface area contributed by atoms with E-state index >= 15 is 0 Å². The average Bonchev–Trinajstić information content (AvgIpc) is 2.57. The van der Waals surface area contributed by atoms with E-state index in [1.807, 2.05) is 6.92 Å².